The first-order valence-corrected chi connectivity index (χ1v) is 6.88. The maximum absolute atomic E-state index is 13.2. The molecular weight excluding hydrogens is 265 g/mol. The zero-order chi connectivity index (χ0) is 14.7. The summed E-state index contributed by atoms with van der Waals surface area (Å²) in [6, 6.07) is 4.23. The van der Waals surface area contributed by atoms with Crippen LogP contribution < -0.4 is 5.32 Å². The molecule has 1 rings (SSSR count). The van der Waals surface area contributed by atoms with Gasteiger partial charge in [-0.15, -0.1) is 0 Å². The number of hydrogen-bond acceptors (Lipinski definition) is 2. The molecule has 1 atom stereocenters. The molecule has 1 aromatic carbocycles. The lowest BCUT2D eigenvalue weighted by Crippen LogP contribution is -2.40. The van der Waals surface area contributed by atoms with E-state index in [1.54, 1.807) is 6.92 Å². The van der Waals surface area contributed by atoms with Gasteiger partial charge < -0.3 is 10.4 Å². The van der Waals surface area contributed by atoms with Gasteiger partial charge in [0.15, 0.2) is 0 Å². The van der Waals surface area contributed by atoms with Crippen molar-refractivity contribution in [3.8, 4) is 0 Å². The van der Waals surface area contributed by atoms with Crippen LogP contribution in [0.3, 0.4) is 0 Å². The topological polar surface area (TPSA) is 32.3 Å². The Kier molecular flexibility index (Phi) is 5.36. The van der Waals surface area contributed by atoms with Gasteiger partial charge in [-0.2, -0.15) is 0 Å². The zero-order valence-corrected chi connectivity index (χ0v) is 12.8. The Bertz CT molecular complexity index is 427. The molecule has 0 spiro atoms. The van der Waals surface area contributed by atoms with Crippen molar-refractivity contribution in [2.45, 2.75) is 51.7 Å². The second-order valence-electron chi connectivity index (χ2n) is 6.34. The summed E-state index contributed by atoms with van der Waals surface area (Å²) >= 11 is 6.02. The summed E-state index contributed by atoms with van der Waals surface area (Å²) in [6.07, 6.45) is 0.923. The quantitative estimate of drug-likeness (QED) is 0.868. The molecule has 108 valence electrons. The average Bonchev–Trinajstić information content (AvgIpc) is 2.20. The minimum Gasteiger partial charge on any atom is -0.390 e. The van der Waals surface area contributed by atoms with Crippen molar-refractivity contribution in [1.29, 1.82) is 0 Å². The van der Waals surface area contributed by atoms with E-state index in [-0.39, 0.29) is 11.4 Å². The lowest BCUT2D eigenvalue weighted by atomic mass is 9.92. The van der Waals surface area contributed by atoms with Crippen molar-refractivity contribution in [1.82, 2.24) is 5.32 Å². The third kappa shape index (κ3) is 6.37. The van der Waals surface area contributed by atoms with E-state index in [4.69, 9.17) is 11.6 Å². The van der Waals surface area contributed by atoms with Crippen LogP contribution in [0.5, 0.6) is 0 Å². The number of benzene rings is 1. The molecule has 19 heavy (non-hydrogen) atoms. The molecule has 0 heterocycles. The molecule has 1 aromatic rings. The first-order chi connectivity index (χ1) is 8.59. The van der Waals surface area contributed by atoms with Gasteiger partial charge in [-0.3, -0.25) is 0 Å². The molecule has 1 unspecified atom stereocenters. The third-order valence-electron chi connectivity index (χ3n) is 2.90. The molecule has 0 aliphatic heterocycles. The molecule has 0 amide bonds. The molecule has 0 aliphatic rings. The van der Waals surface area contributed by atoms with Gasteiger partial charge in [0.05, 0.1) is 5.60 Å². The summed E-state index contributed by atoms with van der Waals surface area (Å²) in [6.45, 7) is 8.67. The predicted octanol–water partition coefficient (Wildman–Crippen LogP) is 3.55. The number of halogens is 2. The van der Waals surface area contributed by atoms with Crippen LogP contribution in [0, 0.1) is 5.82 Å². The monoisotopic (exact) mass is 287 g/mol. The minimum atomic E-state index is -0.907. The number of rotatable bonds is 5. The van der Waals surface area contributed by atoms with Gasteiger partial charge in [-0.05, 0) is 64.4 Å². The lowest BCUT2D eigenvalue weighted by Gasteiger charge is -2.27. The fourth-order valence-corrected chi connectivity index (χ4v) is 2.07. The van der Waals surface area contributed by atoms with Crippen LogP contribution in [-0.4, -0.2) is 22.8 Å². The van der Waals surface area contributed by atoms with Crippen molar-refractivity contribution < 1.29 is 9.50 Å². The molecule has 0 saturated carbocycles. The van der Waals surface area contributed by atoms with Crippen LogP contribution in [0.4, 0.5) is 4.39 Å². The van der Waals surface area contributed by atoms with E-state index < -0.39 is 5.60 Å². The number of aliphatic hydroxyl groups is 1. The van der Waals surface area contributed by atoms with Crippen molar-refractivity contribution in [2.75, 3.05) is 6.54 Å². The standard InChI is InChI=1S/C15H23ClFNO/c1-14(2,3)18-8-7-15(4,19)10-11-9-12(17)5-6-13(11)16/h5-6,9,18-19H,7-8,10H2,1-4H3. The van der Waals surface area contributed by atoms with E-state index in [1.165, 1.54) is 18.2 Å². The third-order valence-corrected chi connectivity index (χ3v) is 3.27. The Morgan fingerprint density at radius 2 is 1.89 bits per heavy atom. The molecule has 0 aromatic heterocycles. The van der Waals surface area contributed by atoms with Gasteiger partial charge in [0, 0.05) is 17.0 Å². The maximum Gasteiger partial charge on any atom is 0.123 e. The van der Waals surface area contributed by atoms with Gasteiger partial charge in [0.2, 0.25) is 0 Å². The molecule has 0 fully saturated rings. The maximum atomic E-state index is 13.2. The van der Waals surface area contributed by atoms with Crippen molar-refractivity contribution in [3.63, 3.8) is 0 Å². The molecule has 0 bridgehead atoms. The average molecular weight is 288 g/mol. The summed E-state index contributed by atoms with van der Waals surface area (Å²) in [5.41, 5.74) is -0.246. The minimum absolute atomic E-state index is 0.0204. The first-order valence-electron chi connectivity index (χ1n) is 6.50. The van der Waals surface area contributed by atoms with Crippen molar-refractivity contribution in [3.05, 3.63) is 34.6 Å². The summed E-state index contributed by atoms with van der Waals surface area (Å²) < 4.78 is 13.2. The normalized spacial score (nSPS) is 15.3. The Balaban J connectivity index is 2.61. The summed E-state index contributed by atoms with van der Waals surface area (Å²) in [5, 5.41) is 14.2. The highest BCUT2D eigenvalue weighted by Crippen LogP contribution is 2.24. The highest BCUT2D eigenvalue weighted by molar-refractivity contribution is 6.31. The lowest BCUT2D eigenvalue weighted by molar-refractivity contribution is 0.0499. The second kappa shape index (κ2) is 6.21. The predicted molar refractivity (Wildman–Crippen MR) is 78.1 cm³/mol. The van der Waals surface area contributed by atoms with Crippen LogP contribution in [0.1, 0.15) is 39.7 Å². The van der Waals surface area contributed by atoms with E-state index in [0.717, 1.165) is 0 Å². The van der Waals surface area contributed by atoms with E-state index in [0.29, 0.717) is 30.0 Å². The Hall–Kier alpha value is -0.640. The van der Waals surface area contributed by atoms with Crippen LogP contribution >= 0.6 is 11.6 Å². The molecule has 0 saturated heterocycles. The molecular formula is C15H23ClFNO. The molecule has 2 N–H and O–H groups in total. The van der Waals surface area contributed by atoms with Crippen molar-refractivity contribution >= 4 is 11.6 Å². The smallest absolute Gasteiger partial charge is 0.123 e. The van der Waals surface area contributed by atoms with Gasteiger partial charge in [0.1, 0.15) is 5.82 Å². The van der Waals surface area contributed by atoms with Gasteiger partial charge in [-0.1, -0.05) is 11.6 Å². The molecule has 2 nitrogen and oxygen atoms in total. The number of hydrogen-bond donors (Lipinski definition) is 2. The number of nitrogens with one attached hydrogen (secondary N) is 1. The van der Waals surface area contributed by atoms with E-state index >= 15 is 0 Å². The van der Waals surface area contributed by atoms with Crippen LogP contribution in [0.2, 0.25) is 5.02 Å². The Labute approximate surface area is 120 Å². The van der Waals surface area contributed by atoms with E-state index in [2.05, 4.69) is 26.1 Å². The van der Waals surface area contributed by atoms with Gasteiger partial charge in [-0.25, -0.2) is 4.39 Å². The van der Waals surface area contributed by atoms with Crippen LogP contribution in [0.25, 0.3) is 0 Å². The Morgan fingerprint density at radius 1 is 1.26 bits per heavy atom. The largest absolute Gasteiger partial charge is 0.390 e. The summed E-state index contributed by atoms with van der Waals surface area (Å²) in [5.74, 6) is -0.331. The van der Waals surface area contributed by atoms with E-state index in [9.17, 15) is 9.50 Å². The van der Waals surface area contributed by atoms with Crippen LogP contribution in [-0.2, 0) is 6.42 Å². The fraction of sp³-hybridized carbons (Fsp3) is 0.600. The summed E-state index contributed by atoms with van der Waals surface area (Å²) in [4.78, 5) is 0. The molecule has 0 aliphatic carbocycles. The van der Waals surface area contributed by atoms with E-state index in [1.807, 2.05) is 0 Å². The highest BCUT2D eigenvalue weighted by Gasteiger charge is 2.23. The zero-order valence-electron chi connectivity index (χ0n) is 12.1. The second-order valence-corrected chi connectivity index (χ2v) is 6.74. The van der Waals surface area contributed by atoms with Crippen LogP contribution in [0.15, 0.2) is 18.2 Å². The molecule has 4 heteroatoms. The fourth-order valence-electron chi connectivity index (χ4n) is 1.88. The van der Waals surface area contributed by atoms with Crippen molar-refractivity contribution in [2.24, 2.45) is 0 Å². The summed E-state index contributed by atoms with van der Waals surface area (Å²) in [7, 11) is 0. The SMILES string of the molecule is CC(O)(CCNC(C)(C)C)Cc1cc(F)ccc1Cl. The molecule has 0 radical (unpaired) electrons. The first kappa shape index (κ1) is 16.4. The van der Waals surface area contributed by atoms with Gasteiger partial charge in [0.25, 0.3) is 0 Å². The Morgan fingerprint density at radius 3 is 2.47 bits per heavy atom. The van der Waals surface area contributed by atoms with Gasteiger partial charge >= 0.3 is 0 Å². The highest BCUT2D eigenvalue weighted by atomic mass is 35.5.